The number of benzene rings is 1. The van der Waals surface area contributed by atoms with Gasteiger partial charge in [0.05, 0.1) is 15.7 Å². The lowest BCUT2D eigenvalue weighted by molar-refractivity contribution is 0.259. The molecule has 1 aliphatic rings. The van der Waals surface area contributed by atoms with Gasteiger partial charge in [0.25, 0.3) is 0 Å². The van der Waals surface area contributed by atoms with E-state index in [1.54, 1.807) is 0 Å². The van der Waals surface area contributed by atoms with Crippen LogP contribution in [0.25, 0.3) is 0 Å². The van der Waals surface area contributed by atoms with Crippen molar-refractivity contribution in [2.45, 2.75) is 17.7 Å². The van der Waals surface area contributed by atoms with Gasteiger partial charge >= 0.3 is 0 Å². The predicted molar refractivity (Wildman–Crippen MR) is 79.4 cm³/mol. The molecule has 0 spiro atoms. The van der Waals surface area contributed by atoms with Gasteiger partial charge in [0, 0.05) is 19.7 Å². The molecule has 1 saturated heterocycles. The molecule has 1 fully saturated rings. The van der Waals surface area contributed by atoms with E-state index >= 15 is 0 Å². The minimum Gasteiger partial charge on any atom is -0.396 e. The first-order chi connectivity index (χ1) is 9.37. The van der Waals surface area contributed by atoms with Crippen molar-refractivity contribution < 1.29 is 13.5 Å². The summed E-state index contributed by atoms with van der Waals surface area (Å²) in [5.74, 6) is 0.179. The van der Waals surface area contributed by atoms with E-state index < -0.39 is 10.0 Å². The lowest BCUT2D eigenvalue weighted by atomic mass is 10.1. The second-order valence-corrected chi connectivity index (χ2v) is 7.49. The van der Waals surface area contributed by atoms with Gasteiger partial charge in [0.2, 0.25) is 10.0 Å². The highest BCUT2D eigenvalue weighted by Crippen LogP contribution is 2.36. The van der Waals surface area contributed by atoms with E-state index in [2.05, 4.69) is 0 Å². The van der Waals surface area contributed by atoms with Crippen LogP contribution in [0.3, 0.4) is 0 Å². The maximum atomic E-state index is 12.5. The number of nitrogens with two attached hydrogens (primary N) is 1. The van der Waals surface area contributed by atoms with Crippen molar-refractivity contribution in [3.8, 4) is 0 Å². The molecule has 1 heterocycles. The number of nitrogen functional groups attached to an aromatic ring is 1. The number of rotatable bonds is 4. The first kappa shape index (κ1) is 15.9. The Labute approximate surface area is 128 Å². The molecule has 5 nitrogen and oxygen atoms in total. The average Bonchev–Trinajstić information content (AvgIpc) is 2.85. The van der Waals surface area contributed by atoms with Gasteiger partial charge in [0.1, 0.15) is 4.90 Å². The summed E-state index contributed by atoms with van der Waals surface area (Å²) in [6.07, 6.45) is 1.34. The third-order valence-electron chi connectivity index (χ3n) is 3.49. The van der Waals surface area contributed by atoms with Gasteiger partial charge in [0.15, 0.2) is 0 Å². The van der Waals surface area contributed by atoms with Gasteiger partial charge in [-0.3, -0.25) is 0 Å². The molecule has 3 N–H and O–H groups in total. The Morgan fingerprint density at radius 1 is 1.40 bits per heavy atom. The number of nitrogens with zero attached hydrogens (tertiary/aromatic N) is 1. The third-order valence-corrected chi connectivity index (χ3v) is 6.25. The Morgan fingerprint density at radius 2 is 2.10 bits per heavy atom. The molecule has 0 amide bonds. The number of hydrogen-bond acceptors (Lipinski definition) is 4. The molecule has 0 radical (unpaired) electrons. The van der Waals surface area contributed by atoms with E-state index in [4.69, 9.17) is 34.0 Å². The fraction of sp³-hybridized carbons (Fsp3) is 0.500. The smallest absolute Gasteiger partial charge is 0.244 e. The highest BCUT2D eigenvalue weighted by atomic mass is 35.5. The van der Waals surface area contributed by atoms with Gasteiger partial charge in [-0.2, -0.15) is 4.31 Å². The summed E-state index contributed by atoms with van der Waals surface area (Å²) in [7, 11) is -3.68. The average molecular weight is 339 g/mol. The number of aliphatic hydroxyl groups excluding tert-OH is 1. The van der Waals surface area contributed by atoms with Gasteiger partial charge in [-0.05, 0) is 30.9 Å². The first-order valence-corrected chi connectivity index (χ1v) is 8.42. The quantitative estimate of drug-likeness (QED) is 0.822. The zero-order valence-corrected chi connectivity index (χ0v) is 13.0. The van der Waals surface area contributed by atoms with Crippen LogP contribution in [0.15, 0.2) is 17.0 Å². The predicted octanol–water partition coefficient (Wildman–Crippen LogP) is 1.97. The van der Waals surface area contributed by atoms with Gasteiger partial charge in [-0.15, -0.1) is 0 Å². The highest BCUT2D eigenvalue weighted by Gasteiger charge is 2.34. The molecule has 0 saturated carbocycles. The highest BCUT2D eigenvalue weighted by molar-refractivity contribution is 7.89. The Kier molecular flexibility index (Phi) is 4.81. The summed E-state index contributed by atoms with van der Waals surface area (Å²) in [5, 5.41) is 9.11. The van der Waals surface area contributed by atoms with Crippen molar-refractivity contribution in [2.75, 3.05) is 25.4 Å². The summed E-state index contributed by atoms with van der Waals surface area (Å²) >= 11 is 11.8. The van der Waals surface area contributed by atoms with Crippen LogP contribution in [0.5, 0.6) is 0 Å². The third kappa shape index (κ3) is 2.89. The van der Waals surface area contributed by atoms with Crippen LogP contribution in [0.2, 0.25) is 10.0 Å². The van der Waals surface area contributed by atoms with Crippen molar-refractivity contribution in [1.29, 1.82) is 0 Å². The van der Waals surface area contributed by atoms with E-state index in [0.29, 0.717) is 19.5 Å². The monoisotopic (exact) mass is 338 g/mol. The molecule has 0 bridgehead atoms. The van der Waals surface area contributed by atoms with Crippen LogP contribution in [-0.2, 0) is 10.0 Å². The summed E-state index contributed by atoms with van der Waals surface area (Å²) < 4.78 is 26.5. The fourth-order valence-corrected chi connectivity index (χ4v) is 4.59. The molecule has 1 unspecified atom stereocenters. The van der Waals surface area contributed by atoms with E-state index in [1.807, 2.05) is 0 Å². The molecule has 1 aliphatic heterocycles. The Bertz CT molecular complexity index is 607. The molecule has 0 aliphatic carbocycles. The van der Waals surface area contributed by atoms with Crippen molar-refractivity contribution >= 4 is 38.9 Å². The van der Waals surface area contributed by atoms with Crippen molar-refractivity contribution in [3.63, 3.8) is 0 Å². The summed E-state index contributed by atoms with van der Waals surface area (Å²) in [5.41, 5.74) is 5.74. The minimum atomic E-state index is -3.68. The van der Waals surface area contributed by atoms with Gasteiger partial charge in [-0.1, -0.05) is 23.2 Å². The molecule has 20 heavy (non-hydrogen) atoms. The van der Waals surface area contributed by atoms with Crippen LogP contribution >= 0.6 is 23.2 Å². The van der Waals surface area contributed by atoms with Crippen LogP contribution in [0.1, 0.15) is 12.8 Å². The zero-order chi connectivity index (χ0) is 14.9. The Morgan fingerprint density at radius 3 is 2.75 bits per heavy atom. The molecule has 0 aromatic heterocycles. The second kappa shape index (κ2) is 6.07. The summed E-state index contributed by atoms with van der Waals surface area (Å²) in [4.78, 5) is -0.0225. The molecule has 1 aromatic carbocycles. The van der Waals surface area contributed by atoms with Crippen molar-refractivity contribution in [3.05, 3.63) is 22.2 Å². The van der Waals surface area contributed by atoms with E-state index in [1.165, 1.54) is 16.4 Å². The van der Waals surface area contributed by atoms with Crippen LogP contribution in [0, 0.1) is 5.92 Å². The topological polar surface area (TPSA) is 83.6 Å². The normalized spacial score (nSPS) is 20.4. The SMILES string of the molecule is Nc1c(Cl)ccc(S(=O)(=O)N2CCC(CCO)C2)c1Cl. The van der Waals surface area contributed by atoms with Gasteiger partial charge in [-0.25, -0.2) is 8.42 Å². The minimum absolute atomic E-state index is 0.0225. The lowest BCUT2D eigenvalue weighted by Gasteiger charge is -2.18. The van der Waals surface area contributed by atoms with Crippen LogP contribution in [-0.4, -0.2) is 37.5 Å². The largest absolute Gasteiger partial charge is 0.396 e. The molecular weight excluding hydrogens is 323 g/mol. The summed E-state index contributed by atoms with van der Waals surface area (Å²) in [6, 6.07) is 2.80. The lowest BCUT2D eigenvalue weighted by Crippen LogP contribution is -2.29. The maximum Gasteiger partial charge on any atom is 0.244 e. The molecule has 1 atom stereocenters. The molecule has 2 rings (SSSR count). The van der Waals surface area contributed by atoms with E-state index in [0.717, 1.165) is 6.42 Å². The van der Waals surface area contributed by atoms with E-state index in [-0.39, 0.29) is 33.2 Å². The molecule has 1 aromatic rings. The zero-order valence-electron chi connectivity index (χ0n) is 10.7. The number of anilines is 1. The number of aliphatic hydroxyl groups is 1. The number of sulfonamides is 1. The molecule has 112 valence electrons. The maximum absolute atomic E-state index is 12.5. The van der Waals surface area contributed by atoms with Crippen LogP contribution < -0.4 is 5.73 Å². The van der Waals surface area contributed by atoms with E-state index in [9.17, 15) is 8.42 Å². The summed E-state index contributed by atoms with van der Waals surface area (Å²) in [6.45, 7) is 0.876. The Hall–Kier alpha value is -0.530. The van der Waals surface area contributed by atoms with Crippen molar-refractivity contribution in [1.82, 2.24) is 4.31 Å². The van der Waals surface area contributed by atoms with Gasteiger partial charge < -0.3 is 10.8 Å². The standard InChI is InChI=1S/C12H16Cl2N2O3S/c13-9-1-2-10(11(14)12(9)15)20(18,19)16-5-3-8(7-16)4-6-17/h1-2,8,17H,3-7,15H2. The number of halogens is 2. The fourth-order valence-electron chi connectivity index (χ4n) is 2.32. The molecular formula is C12H16Cl2N2O3S. The second-order valence-electron chi connectivity index (χ2n) is 4.80. The first-order valence-electron chi connectivity index (χ1n) is 6.22. The van der Waals surface area contributed by atoms with Crippen LogP contribution in [0.4, 0.5) is 5.69 Å². The van der Waals surface area contributed by atoms with Crippen molar-refractivity contribution in [2.24, 2.45) is 5.92 Å². The molecule has 8 heteroatoms. The number of hydrogen-bond donors (Lipinski definition) is 2. The Balaban J connectivity index is 2.30.